The van der Waals surface area contributed by atoms with Crippen molar-refractivity contribution in [1.82, 2.24) is 10.6 Å². The maximum absolute atomic E-state index is 11.1. The second kappa shape index (κ2) is 9.93. The van der Waals surface area contributed by atoms with Gasteiger partial charge in [0.2, 0.25) is 11.8 Å². The van der Waals surface area contributed by atoms with Gasteiger partial charge in [0.05, 0.1) is 19.0 Å². The lowest BCUT2D eigenvalue weighted by molar-refractivity contribution is -0.120. The van der Waals surface area contributed by atoms with Crippen LogP contribution in [0.2, 0.25) is 0 Å². The van der Waals surface area contributed by atoms with E-state index in [2.05, 4.69) is 10.6 Å². The predicted molar refractivity (Wildman–Crippen MR) is 59.2 cm³/mol. The van der Waals surface area contributed by atoms with Crippen LogP contribution in [0.4, 0.5) is 0 Å². The normalized spacial score (nSPS) is 9.44. The van der Waals surface area contributed by atoms with Crippen molar-refractivity contribution in [2.45, 2.75) is 25.7 Å². The molecular weight excluding hydrogens is 208 g/mol. The zero-order valence-corrected chi connectivity index (χ0v) is 9.29. The predicted octanol–water partition coefficient (Wildman–Crippen LogP) is -0.739. The highest BCUT2D eigenvalue weighted by atomic mass is 16.2. The standard InChI is InChI=1S/C10H18N4O2/c11-5-3-7-14-10(16)8-13-6-2-1-4-9(12)15/h13H,1-4,6-8H2,(H2,12,15)(H,14,16). The Balaban J connectivity index is 3.22. The number of nitrogens with two attached hydrogens (primary N) is 1. The molecule has 0 heterocycles. The molecule has 0 atom stereocenters. The molecule has 6 heteroatoms. The number of primary amides is 1. The fourth-order valence-corrected chi connectivity index (χ4v) is 1.07. The molecule has 0 unspecified atom stereocenters. The average molecular weight is 226 g/mol. The monoisotopic (exact) mass is 226 g/mol. The fourth-order valence-electron chi connectivity index (χ4n) is 1.07. The molecule has 2 amide bonds. The van der Waals surface area contributed by atoms with Crippen molar-refractivity contribution in [2.24, 2.45) is 5.73 Å². The third kappa shape index (κ3) is 10.5. The van der Waals surface area contributed by atoms with Gasteiger partial charge in [-0.05, 0) is 19.4 Å². The highest BCUT2D eigenvalue weighted by Crippen LogP contribution is 1.91. The lowest BCUT2D eigenvalue weighted by Crippen LogP contribution is -2.34. The first-order valence-electron chi connectivity index (χ1n) is 5.29. The van der Waals surface area contributed by atoms with Gasteiger partial charge in [-0.15, -0.1) is 0 Å². The number of nitrogens with one attached hydrogen (secondary N) is 2. The van der Waals surface area contributed by atoms with Crippen molar-refractivity contribution < 1.29 is 9.59 Å². The molecule has 90 valence electrons. The maximum atomic E-state index is 11.1. The second-order valence-electron chi connectivity index (χ2n) is 3.36. The molecule has 0 saturated heterocycles. The van der Waals surface area contributed by atoms with E-state index in [0.717, 1.165) is 12.8 Å². The van der Waals surface area contributed by atoms with E-state index in [1.807, 2.05) is 6.07 Å². The lowest BCUT2D eigenvalue weighted by atomic mass is 10.2. The summed E-state index contributed by atoms with van der Waals surface area (Å²) >= 11 is 0. The quantitative estimate of drug-likeness (QED) is 0.450. The van der Waals surface area contributed by atoms with Gasteiger partial charge in [-0.3, -0.25) is 9.59 Å². The Morgan fingerprint density at radius 3 is 2.62 bits per heavy atom. The first kappa shape index (κ1) is 14.4. The summed E-state index contributed by atoms with van der Waals surface area (Å²) in [5.74, 6) is -0.417. The van der Waals surface area contributed by atoms with Crippen molar-refractivity contribution in [2.75, 3.05) is 19.6 Å². The summed E-state index contributed by atoms with van der Waals surface area (Å²) in [7, 11) is 0. The Hall–Kier alpha value is -1.61. The summed E-state index contributed by atoms with van der Waals surface area (Å²) in [6.45, 7) is 1.31. The van der Waals surface area contributed by atoms with Gasteiger partial charge in [0.25, 0.3) is 0 Å². The number of unbranched alkanes of at least 4 members (excludes halogenated alkanes) is 1. The van der Waals surface area contributed by atoms with Crippen LogP contribution in [0.25, 0.3) is 0 Å². The van der Waals surface area contributed by atoms with Gasteiger partial charge >= 0.3 is 0 Å². The number of rotatable bonds is 9. The lowest BCUT2D eigenvalue weighted by Gasteiger charge is -2.04. The maximum Gasteiger partial charge on any atom is 0.233 e. The van der Waals surface area contributed by atoms with E-state index >= 15 is 0 Å². The fraction of sp³-hybridized carbons (Fsp3) is 0.700. The van der Waals surface area contributed by atoms with Gasteiger partial charge < -0.3 is 16.4 Å². The van der Waals surface area contributed by atoms with Gasteiger partial charge in [-0.25, -0.2) is 0 Å². The van der Waals surface area contributed by atoms with Crippen molar-refractivity contribution in [3.05, 3.63) is 0 Å². The first-order chi connectivity index (χ1) is 7.66. The number of hydrogen-bond acceptors (Lipinski definition) is 4. The Morgan fingerprint density at radius 2 is 2.00 bits per heavy atom. The molecule has 0 aromatic carbocycles. The Bertz CT molecular complexity index is 260. The SMILES string of the molecule is N#CCCNC(=O)CNCCCCC(N)=O. The third-order valence-electron chi connectivity index (χ3n) is 1.87. The highest BCUT2D eigenvalue weighted by molar-refractivity contribution is 5.77. The van der Waals surface area contributed by atoms with E-state index in [0.29, 0.717) is 25.9 Å². The molecule has 0 saturated carbocycles. The van der Waals surface area contributed by atoms with Crippen molar-refractivity contribution in [3.8, 4) is 6.07 Å². The molecular formula is C10H18N4O2. The van der Waals surface area contributed by atoms with Crippen LogP contribution in [-0.4, -0.2) is 31.4 Å². The molecule has 0 radical (unpaired) electrons. The molecule has 0 spiro atoms. The summed E-state index contributed by atoms with van der Waals surface area (Å²) in [4.78, 5) is 21.5. The number of nitrogens with zero attached hydrogens (tertiary/aromatic N) is 1. The summed E-state index contributed by atoms with van der Waals surface area (Å²) < 4.78 is 0. The Morgan fingerprint density at radius 1 is 1.25 bits per heavy atom. The van der Waals surface area contributed by atoms with Crippen LogP contribution in [-0.2, 0) is 9.59 Å². The Labute approximate surface area is 95.2 Å². The zero-order valence-electron chi connectivity index (χ0n) is 9.29. The van der Waals surface area contributed by atoms with Crippen LogP contribution in [0, 0.1) is 11.3 Å². The smallest absolute Gasteiger partial charge is 0.233 e. The van der Waals surface area contributed by atoms with Crippen LogP contribution in [0.3, 0.4) is 0 Å². The molecule has 0 aromatic rings. The molecule has 0 aliphatic heterocycles. The first-order valence-corrected chi connectivity index (χ1v) is 5.29. The van der Waals surface area contributed by atoms with Gasteiger partial charge in [0.1, 0.15) is 0 Å². The van der Waals surface area contributed by atoms with Crippen LogP contribution in [0.5, 0.6) is 0 Å². The van der Waals surface area contributed by atoms with E-state index in [-0.39, 0.29) is 18.4 Å². The van der Waals surface area contributed by atoms with Crippen molar-refractivity contribution >= 4 is 11.8 Å². The topological polar surface area (TPSA) is 108 Å². The van der Waals surface area contributed by atoms with Crippen LogP contribution in [0.15, 0.2) is 0 Å². The molecule has 0 aliphatic rings. The zero-order chi connectivity index (χ0) is 12.2. The summed E-state index contributed by atoms with van der Waals surface area (Å²) in [5, 5.41) is 13.8. The largest absolute Gasteiger partial charge is 0.370 e. The van der Waals surface area contributed by atoms with E-state index in [9.17, 15) is 9.59 Å². The average Bonchev–Trinajstić information content (AvgIpc) is 2.23. The summed E-state index contributed by atoms with van der Waals surface area (Å²) in [5.41, 5.74) is 4.97. The molecule has 0 aliphatic carbocycles. The van der Waals surface area contributed by atoms with Gasteiger partial charge in [-0.1, -0.05) is 0 Å². The molecule has 16 heavy (non-hydrogen) atoms. The summed E-state index contributed by atoms with van der Waals surface area (Å²) in [6.07, 6.45) is 2.26. The second-order valence-corrected chi connectivity index (χ2v) is 3.36. The molecule has 6 nitrogen and oxygen atoms in total. The number of nitriles is 1. The molecule has 4 N–H and O–H groups in total. The van der Waals surface area contributed by atoms with Crippen LogP contribution in [0.1, 0.15) is 25.7 Å². The summed E-state index contributed by atoms with van der Waals surface area (Å²) in [6, 6.07) is 1.94. The van der Waals surface area contributed by atoms with Crippen molar-refractivity contribution in [1.29, 1.82) is 5.26 Å². The Kier molecular flexibility index (Phi) is 8.93. The number of amides is 2. The number of carbonyl (C=O) groups is 2. The highest BCUT2D eigenvalue weighted by Gasteiger charge is 1.99. The van der Waals surface area contributed by atoms with Gasteiger partial charge in [0, 0.05) is 13.0 Å². The minimum Gasteiger partial charge on any atom is -0.370 e. The number of hydrogen-bond donors (Lipinski definition) is 3. The third-order valence-corrected chi connectivity index (χ3v) is 1.87. The van der Waals surface area contributed by atoms with E-state index in [1.54, 1.807) is 0 Å². The van der Waals surface area contributed by atoms with Gasteiger partial charge in [-0.2, -0.15) is 5.26 Å². The molecule has 0 fully saturated rings. The van der Waals surface area contributed by atoms with E-state index < -0.39 is 0 Å². The van der Waals surface area contributed by atoms with Crippen LogP contribution >= 0.6 is 0 Å². The van der Waals surface area contributed by atoms with Crippen molar-refractivity contribution in [3.63, 3.8) is 0 Å². The minimum atomic E-state index is -0.297. The van der Waals surface area contributed by atoms with E-state index in [4.69, 9.17) is 11.0 Å². The van der Waals surface area contributed by atoms with Gasteiger partial charge in [0.15, 0.2) is 0 Å². The molecule has 0 rings (SSSR count). The van der Waals surface area contributed by atoms with Crippen LogP contribution < -0.4 is 16.4 Å². The number of carbonyl (C=O) groups excluding carboxylic acids is 2. The van der Waals surface area contributed by atoms with E-state index in [1.165, 1.54) is 0 Å². The minimum absolute atomic E-state index is 0.120. The molecule has 0 bridgehead atoms. The molecule has 0 aromatic heterocycles.